The molecule has 1 heterocycles. The lowest BCUT2D eigenvalue weighted by Crippen LogP contribution is -2.10. The highest BCUT2D eigenvalue weighted by molar-refractivity contribution is 8.18. The minimum absolute atomic E-state index is 0.357. The van der Waals surface area contributed by atoms with Gasteiger partial charge in [0.15, 0.2) is 0 Å². The zero-order chi connectivity index (χ0) is 15.7. The van der Waals surface area contributed by atoms with Gasteiger partial charge in [0.25, 0.3) is 0 Å². The third-order valence-electron chi connectivity index (χ3n) is 4.60. The van der Waals surface area contributed by atoms with Gasteiger partial charge in [0, 0.05) is 11.8 Å². The van der Waals surface area contributed by atoms with E-state index in [2.05, 4.69) is 56.3 Å². The zero-order valence-corrected chi connectivity index (χ0v) is 15.0. The van der Waals surface area contributed by atoms with Crippen molar-refractivity contribution in [2.24, 2.45) is 0 Å². The van der Waals surface area contributed by atoms with Gasteiger partial charge in [0.05, 0.1) is 7.11 Å². The average Bonchev–Trinajstić information content (AvgIpc) is 2.79. The second-order valence-corrected chi connectivity index (χ2v) is 10.8. The minimum Gasteiger partial charge on any atom is -0.497 e. The van der Waals surface area contributed by atoms with Gasteiger partial charge >= 0.3 is 0 Å². The van der Waals surface area contributed by atoms with E-state index in [9.17, 15) is 0 Å². The predicted molar refractivity (Wildman–Crippen MR) is 99.3 cm³/mol. The molecule has 0 fully saturated rings. The Hall–Kier alpha value is -1.37. The summed E-state index contributed by atoms with van der Waals surface area (Å²) in [5.41, 5.74) is 4.60. The predicted octanol–water partition coefficient (Wildman–Crippen LogP) is 4.89. The molecular formula is C19H21OPS. The Morgan fingerprint density at radius 2 is 1.64 bits per heavy atom. The van der Waals surface area contributed by atoms with Gasteiger partial charge in [-0.15, -0.1) is 0 Å². The molecule has 1 aliphatic heterocycles. The van der Waals surface area contributed by atoms with Gasteiger partial charge in [-0.05, 0) is 42.9 Å². The molecular weight excluding hydrogens is 307 g/mol. The van der Waals surface area contributed by atoms with Crippen molar-refractivity contribution in [1.82, 2.24) is 0 Å². The molecule has 3 heteroatoms. The first-order valence-corrected chi connectivity index (χ1v) is 10.6. The van der Waals surface area contributed by atoms with Gasteiger partial charge in [0.1, 0.15) is 5.75 Å². The van der Waals surface area contributed by atoms with E-state index in [1.807, 2.05) is 12.1 Å². The molecule has 114 valence electrons. The summed E-state index contributed by atoms with van der Waals surface area (Å²) in [6.45, 7) is 4.49. The third-order valence-corrected chi connectivity index (χ3v) is 9.89. The number of ether oxygens (including phenoxy) is 1. The average molecular weight is 328 g/mol. The Morgan fingerprint density at radius 1 is 1.00 bits per heavy atom. The molecule has 1 aliphatic rings. The largest absolute Gasteiger partial charge is 0.497 e. The number of rotatable bonds is 3. The zero-order valence-electron chi connectivity index (χ0n) is 13.2. The molecule has 0 saturated carbocycles. The Bertz CT molecular complexity index is 747. The number of hydrogen-bond acceptors (Lipinski definition) is 2. The molecule has 0 N–H and O–H groups in total. The Balaban J connectivity index is 2.10. The summed E-state index contributed by atoms with van der Waals surface area (Å²) in [6.07, 6.45) is 1.05. The molecule has 0 unspecified atom stereocenters. The van der Waals surface area contributed by atoms with Crippen LogP contribution in [0.3, 0.4) is 0 Å². The van der Waals surface area contributed by atoms with Gasteiger partial charge in [-0.25, -0.2) is 0 Å². The van der Waals surface area contributed by atoms with E-state index >= 15 is 0 Å². The van der Waals surface area contributed by atoms with Crippen LogP contribution in [-0.2, 0) is 11.8 Å². The fourth-order valence-electron chi connectivity index (χ4n) is 3.31. The molecule has 22 heavy (non-hydrogen) atoms. The maximum absolute atomic E-state index is 6.29. The Morgan fingerprint density at radius 3 is 2.23 bits per heavy atom. The first kappa shape index (κ1) is 15.5. The van der Waals surface area contributed by atoms with Crippen LogP contribution in [0.1, 0.15) is 25.1 Å². The summed E-state index contributed by atoms with van der Waals surface area (Å²) in [5, 5.41) is 1.35. The lowest BCUT2D eigenvalue weighted by atomic mass is 10.0. The summed E-state index contributed by atoms with van der Waals surface area (Å²) < 4.78 is 5.29. The summed E-state index contributed by atoms with van der Waals surface area (Å²) in [5.74, 6) is 0.896. The highest BCUT2D eigenvalue weighted by Crippen LogP contribution is 2.67. The molecule has 0 amide bonds. The van der Waals surface area contributed by atoms with Gasteiger partial charge in [-0.2, -0.15) is 0 Å². The van der Waals surface area contributed by atoms with E-state index < -0.39 is 6.04 Å². The van der Waals surface area contributed by atoms with Crippen LogP contribution in [0.25, 0.3) is 0 Å². The van der Waals surface area contributed by atoms with Crippen molar-refractivity contribution in [2.45, 2.75) is 19.5 Å². The number of methoxy groups -OCH3 is 1. The van der Waals surface area contributed by atoms with Crippen LogP contribution in [0, 0.1) is 0 Å². The van der Waals surface area contributed by atoms with E-state index in [0.717, 1.165) is 11.9 Å². The topological polar surface area (TPSA) is 9.23 Å². The van der Waals surface area contributed by atoms with Crippen molar-refractivity contribution in [2.75, 3.05) is 13.3 Å². The second-order valence-electron chi connectivity index (χ2n) is 5.93. The van der Waals surface area contributed by atoms with Crippen molar-refractivity contribution >= 4 is 23.1 Å². The van der Waals surface area contributed by atoms with Crippen LogP contribution in [-0.4, -0.2) is 13.3 Å². The molecule has 0 spiro atoms. The van der Waals surface area contributed by atoms with E-state index in [4.69, 9.17) is 16.5 Å². The van der Waals surface area contributed by atoms with Crippen LogP contribution in [0.15, 0.2) is 65.7 Å². The molecule has 2 aromatic rings. The lowest BCUT2D eigenvalue weighted by molar-refractivity contribution is 0.414. The second kappa shape index (κ2) is 6.02. The Labute approximate surface area is 138 Å². The van der Waals surface area contributed by atoms with Crippen molar-refractivity contribution < 1.29 is 4.74 Å². The molecule has 2 atom stereocenters. The van der Waals surface area contributed by atoms with Crippen LogP contribution < -0.4 is 10.0 Å². The number of allylic oxidation sites excluding steroid dienone is 2. The molecule has 0 aliphatic carbocycles. The smallest absolute Gasteiger partial charge is 0.118 e. The third kappa shape index (κ3) is 2.55. The fraction of sp³-hybridized carbons (Fsp3) is 0.263. The van der Waals surface area contributed by atoms with Crippen LogP contribution >= 0.6 is 6.04 Å². The molecule has 2 aromatic carbocycles. The monoisotopic (exact) mass is 328 g/mol. The number of benzene rings is 2. The van der Waals surface area contributed by atoms with Crippen LogP contribution in [0.5, 0.6) is 5.75 Å². The van der Waals surface area contributed by atoms with Gasteiger partial charge < -0.3 is 4.74 Å². The molecule has 1 nitrogen and oxygen atoms in total. The highest BCUT2D eigenvalue weighted by Gasteiger charge is 2.38. The summed E-state index contributed by atoms with van der Waals surface area (Å²) in [7, 11) is 1.70. The normalized spacial score (nSPS) is 24.6. The maximum Gasteiger partial charge on any atom is 0.118 e. The SMILES string of the molecule is COc1ccc([C@@H]2C(C)=C(C)C[P@]2(=S)c2ccccc2)cc1. The first-order chi connectivity index (χ1) is 10.6. The van der Waals surface area contributed by atoms with E-state index in [0.29, 0.717) is 5.66 Å². The summed E-state index contributed by atoms with van der Waals surface area (Å²) >= 11 is 6.29. The van der Waals surface area contributed by atoms with E-state index in [1.54, 1.807) is 7.11 Å². The summed E-state index contributed by atoms with van der Waals surface area (Å²) in [6, 6.07) is 17.5. The molecule has 0 saturated heterocycles. The van der Waals surface area contributed by atoms with Crippen LogP contribution in [0.4, 0.5) is 0 Å². The molecule has 0 bridgehead atoms. The molecule has 3 rings (SSSR count). The molecule has 0 aromatic heterocycles. The van der Waals surface area contributed by atoms with E-state index in [1.165, 1.54) is 22.0 Å². The molecule has 0 radical (unpaired) electrons. The van der Waals surface area contributed by atoms with Crippen molar-refractivity contribution in [1.29, 1.82) is 0 Å². The lowest BCUT2D eigenvalue weighted by Gasteiger charge is -2.27. The van der Waals surface area contributed by atoms with Crippen molar-refractivity contribution in [3.05, 3.63) is 71.3 Å². The Kier molecular flexibility index (Phi) is 4.25. The quantitative estimate of drug-likeness (QED) is 0.586. The first-order valence-electron chi connectivity index (χ1n) is 7.51. The maximum atomic E-state index is 6.29. The minimum atomic E-state index is -1.67. The standard InChI is InChI=1S/C19H21OPS/c1-14-13-21(22,18-7-5-4-6-8-18)19(15(14)2)16-9-11-17(20-3)12-10-16/h4-12,19H,13H2,1-3H3/t19-,21-/m0/s1. The van der Waals surface area contributed by atoms with Gasteiger partial charge in [-0.1, -0.05) is 65.4 Å². The van der Waals surface area contributed by atoms with Crippen molar-refractivity contribution in [3.63, 3.8) is 0 Å². The number of hydrogen-bond donors (Lipinski definition) is 0. The van der Waals surface area contributed by atoms with E-state index in [-0.39, 0.29) is 0 Å². The summed E-state index contributed by atoms with van der Waals surface area (Å²) in [4.78, 5) is 0. The van der Waals surface area contributed by atoms with Gasteiger partial charge in [0.2, 0.25) is 0 Å². The van der Waals surface area contributed by atoms with Crippen molar-refractivity contribution in [3.8, 4) is 5.75 Å². The van der Waals surface area contributed by atoms with Crippen LogP contribution in [0.2, 0.25) is 0 Å². The highest BCUT2D eigenvalue weighted by atomic mass is 32.4. The fourth-order valence-corrected chi connectivity index (χ4v) is 8.89. The van der Waals surface area contributed by atoms with Gasteiger partial charge in [-0.3, -0.25) is 0 Å².